The molecule has 0 saturated carbocycles. The van der Waals surface area contributed by atoms with E-state index in [2.05, 4.69) is 21.2 Å². The molecular weight excluding hydrogens is 274 g/mol. The van der Waals surface area contributed by atoms with Crippen molar-refractivity contribution in [1.29, 1.82) is 0 Å². The van der Waals surface area contributed by atoms with Crippen LogP contribution in [0.25, 0.3) is 0 Å². The number of rotatable bonds is 1. The molecule has 1 aromatic rings. The molecule has 0 radical (unpaired) electrons. The molecule has 15 heavy (non-hydrogen) atoms. The molecule has 1 unspecified atom stereocenters. The maximum atomic E-state index is 5.51. The zero-order valence-electron chi connectivity index (χ0n) is 8.51. The maximum Gasteiger partial charge on any atom is 0.0739 e. The zero-order valence-corrected chi connectivity index (χ0v) is 10.9. The lowest BCUT2D eigenvalue weighted by Gasteiger charge is -2.11. The van der Waals surface area contributed by atoms with Crippen molar-refractivity contribution >= 4 is 27.3 Å². The molecule has 1 saturated heterocycles. The molecule has 2 aliphatic rings. The average Bonchev–Trinajstić information content (AvgIpc) is 2.87. The monoisotopic (exact) mass is 287 g/mol. The first-order valence-corrected chi connectivity index (χ1v) is 7.08. The molecular formula is C11H14BrNOS. The lowest BCUT2D eigenvalue weighted by molar-refractivity contribution is 0.111. The second kappa shape index (κ2) is 4.17. The Hall–Kier alpha value is 0.1000. The van der Waals surface area contributed by atoms with Crippen molar-refractivity contribution in [2.24, 2.45) is 0 Å². The summed E-state index contributed by atoms with van der Waals surface area (Å²) in [6.45, 7) is 2.84. The predicted octanol–water partition coefficient (Wildman–Crippen LogP) is 3.01. The molecule has 0 amide bonds. The van der Waals surface area contributed by atoms with E-state index in [0.717, 1.165) is 26.2 Å². The summed E-state index contributed by atoms with van der Waals surface area (Å²) in [4.78, 5) is 3.01. The van der Waals surface area contributed by atoms with Crippen LogP contribution in [0.5, 0.6) is 0 Å². The Morgan fingerprint density at radius 3 is 3.13 bits per heavy atom. The molecule has 0 aromatic carbocycles. The summed E-state index contributed by atoms with van der Waals surface area (Å²) >= 11 is 5.71. The molecule has 1 atom stereocenters. The first kappa shape index (κ1) is 10.3. The van der Waals surface area contributed by atoms with Gasteiger partial charge in [0.25, 0.3) is 0 Å². The van der Waals surface area contributed by atoms with Crippen molar-refractivity contribution in [3.8, 4) is 0 Å². The molecule has 2 nitrogen and oxygen atoms in total. The van der Waals surface area contributed by atoms with E-state index in [0.29, 0.717) is 6.04 Å². The third-order valence-corrected chi connectivity index (χ3v) is 5.72. The molecule has 0 spiro atoms. The number of ether oxygens (including phenoxy) is 1. The van der Waals surface area contributed by atoms with Crippen LogP contribution >= 0.6 is 27.3 Å². The van der Waals surface area contributed by atoms with Crippen LogP contribution in [0.4, 0.5) is 0 Å². The highest BCUT2D eigenvalue weighted by Gasteiger charge is 2.26. The number of halogens is 1. The fraction of sp³-hybridized carbons (Fsp3) is 0.636. The smallest absolute Gasteiger partial charge is 0.0739 e. The second-order valence-corrected chi connectivity index (χ2v) is 6.06. The van der Waals surface area contributed by atoms with E-state index in [1.54, 1.807) is 0 Å². The van der Waals surface area contributed by atoms with E-state index >= 15 is 0 Å². The standard InChI is InChI=1S/C11H14BrNOS/c12-10-7-6-14-5-3-9(7)15-11(10)8-2-1-4-13-8/h8,13H,1-6H2. The van der Waals surface area contributed by atoms with Crippen molar-refractivity contribution in [3.05, 3.63) is 19.8 Å². The average molecular weight is 288 g/mol. The number of hydrogen-bond acceptors (Lipinski definition) is 3. The van der Waals surface area contributed by atoms with E-state index in [9.17, 15) is 0 Å². The summed E-state index contributed by atoms with van der Waals surface area (Å²) in [5.41, 5.74) is 1.40. The van der Waals surface area contributed by atoms with E-state index in [1.807, 2.05) is 11.3 Å². The van der Waals surface area contributed by atoms with Gasteiger partial charge in [-0.1, -0.05) is 0 Å². The zero-order chi connectivity index (χ0) is 10.3. The molecule has 1 fully saturated rings. The van der Waals surface area contributed by atoms with Gasteiger partial charge >= 0.3 is 0 Å². The molecule has 3 rings (SSSR count). The van der Waals surface area contributed by atoms with Gasteiger partial charge in [-0.2, -0.15) is 0 Å². The van der Waals surface area contributed by atoms with Gasteiger partial charge in [0.2, 0.25) is 0 Å². The molecule has 2 aliphatic heterocycles. The van der Waals surface area contributed by atoms with E-state index in [4.69, 9.17) is 4.74 Å². The van der Waals surface area contributed by atoms with Crippen LogP contribution in [-0.4, -0.2) is 13.2 Å². The van der Waals surface area contributed by atoms with Crippen LogP contribution in [0.3, 0.4) is 0 Å². The first-order valence-electron chi connectivity index (χ1n) is 5.47. The lowest BCUT2D eigenvalue weighted by atomic mass is 10.1. The largest absolute Gasteiger partial charge is 0.376 e. The van der Waals surface area contributed by atoms with Crippen LogP contribution in [0.1, 0.15) is 34.2 Å². The summed E-state index contributed by atoms with van der Waals surface area (Å²) in [5, 5.41) is 3.56. The Morgan fingerprint density at radius 1 is 1.47 bits per heavy atom. The van der Waals surface area contributed by atoms with Crippen molar-refractivity contribution in [2.75, 3.05) is 13.2 Å². The summed E-state index contributed by atoms with van der Waals surface area (Å²) in [7, 11) is 0. The lowest BCUT2D eigenvalue weighted by Crippen LogP contribution is -2.12. The third-order valence-electron chi connectivity index (χ3n) is 3.15. The maximum absolute atomic E-state index is 5.51. The number of fused-ring (bicyclic) bond motifs is 1. The van der Waals surface area contributed by atoms with Crippen molar-refractivity contribution in [1.82, 2.24) is 5.32 Å². The minimum Gasteiger partial charge on any atom is -0.376 e. The van der Waals surface area contributed by atoms with Gasteiger partial charge in [-0.15, -0.1) is 11.3 Å². The topological polar surface area (TPSA) is 21.3 Å². The summed E-state index contributed by atoms with van der Waals surface area (Å²) in [5.74, 6) is 0. The molecule has 4 heteroatoms. The van der Waals surface area contributed by atoms with Crippen molar-refractivity contribution in [2.45, 2.75) is 31.9 Å². The van der Waals surface area contributed by atoms with Crippen molar-refractivity contribution < 1.29 is 4.74 Å². The minimum atomic E-state index is 0.579. The third kappa shape index (κ3) is 1.78. The van der Waals surface area contributed by atoms with Crippen LogP contribution < -0.4 is 5.32 Å². The van der Waals surface area contributed by atoms with Gasteiger partial charge in [0.1, 0.15) is 0 Å². The molecule has 1 aromatic heterocycles. The fourth-order valence-electron chi connectivity index (χ4n) is 2.33. The SMILES string of the molecule is Brc1c(C2CCCN2)sc2c1COCC2. The highest BCUT2D eigenvalue weighted by atomic mass is 79.9. The van der Waals surface area contributed by atoms with Crippen molar-refractivity contribution in [3.63, 3.8) is 0 Å². The molecule has 0 aliphatic carbocycles. The predicted molar refractivity (Wildman–Crippen MR) is 65.4 cm³/mol. The summed E-state index contributed by atoms with van der Waals surface area (Å²) < 4.78 is 6.82. The number of hydrogen-bond donors (Lipinski definition) is 1. The second-order valence-electron chi connectivity index (χ2n) is 4.13. The normalized spacial score (nSPS) is 25.5. The van der Waals surface area contributed by atoms with Crippen LogP contribution in [0.2, 0.25) is 0 Å². The van der Waals surface area contributed by atoms with Crippen LogP contribution in [0, 0.1) is 0 Å². The fourth-order valence-corrected chi connectivity index (χ4v) is 4.62. The van der Waals surface area contributed by atoms with E-state index in [1.165, 1.54) is 32.6 Å². The van der Waals surface area contributed by atoms with Gasteiger partial charge in [-0.3, -0.25) is 0 Å². The van der Waals surface area contributed by atoms with Gasteiger partial charge in [0, 0.05) is 32.3 Å². The highest BCUT2D eigenvalue weighted by molar-refractivity contribution is 9.10. The summed E-state index contributed by atoms with van der Waals surface area (Å²) in [6.07, 6.45) is 3.67. The van der Waals surface area contributed by atoms with E-state index < -0.39 is 0 Å². The Morgan fingerprint density at radius 2 is 2.40 bits per heavy atom. The highest BCUT2D eigenvalue weighted by Crippen LogP contribution is 2.41. The van der Waals surface area contributed by atoms with Crippen LogP contribution in [0.15, 0.2) is 4.47 Å². The van der Waals surface area contributed by atoms with Gasteiger partial charge in [0.15, 0.2) is 0 Å². The molecule has 0 bridgehead atoms. The summed E-state index contributed by atoms with van der Waals surface area (Å²) in [6, 6.07) is 0.579. The van der Waals surface area contributed by atoms with E-state index in [-0.39, 0.29) is 0 Å². The van der Waals surface area contributed by atoms with Gasteiger partial charge in [0.05, 0.1) is 13.2 Å². The quantitative estimate of drug-likeness (QED) is 0.857. The Labute approximate surface area is 102 Å². The van der Waals surface area contributed by atoms with Crippen LogP contribution in [-0.2, 0) is 17.8 Å². The Bertz CT molecular complexity index is 371. The molecule has 3 heterocycles. The minimum absolute atomic E-state index is 0.579. The van der Waals surface area contributed by atoms with Gasteiger partial charge < -0.3 is 10.1 Å². The Kier molecular flexibility index (Phi) is 2.85. The molecule has 82 valence electrons. The molecule has 1 N–H and O–H groups in total. The number of nitrogens with one attached hydrogen (secondary N) is 1. The van der Waals surface area contributed by atoms with Gasteiger partial charge in [-0.25, -0.2) is 0 Å². The first-order chi connectivity index (χ1) is 7.36. The Balaban J connectivity index is 1.97. The number of thiophene rings is 1. The van der Waals surface area contributed by atoms with Gasteiger partial charge in [-0.05, 0) is 35.3 Å².